The Labute approximate surface area is 121 Å². The van der Waals surface area contributed by atoms with E-state index in [1.165, 1.54) is 25.8 Å². The Morgan fingerprint density at radius 2 is 2.10 bits per heavy atom. The second-order valence-electron chi connectivity index (χ2n) is 6.05. The predicted octanol–water partition coefficient (Wildman–Crippen LogP) is 1.89. The van der Waals surface area contributed by atoms with Gasteiger partial charge < -0.3 is 10.2 Å². The van der Waals surface area contributed by atoms with Crippen LogP contribution in [0.3, 0.4) is 0 Å². The molecular weight excluding hydrogens is 250 g/mol. The van der Waals surface area contributed by atoms with Crippen molar-refractivity contribution in [3.63, 3.8) is 0 Å². The van der Waals surface area contributed by atoms with E-state index in [1.54, 1.807) is 0 Å². The van der Waals surface area contributed by atoms with Gasteiger partial charge in [-0.05, 0) is 33.2 Å². The second-order valence-corrected chi connectivity index (χ2v) is 6.05. The molecule has 2 saturated heterocycles. The third-order valence-electron chi connectivity index (χ3n) is 4.56. The summed E-state index contributed by atoms with van der Waals surface area (Å²) < 4.78 is 0. The molecule has 1 aromatic heterocycles. The van der Waals surface area contributed by atoms with Crippen molar-refractivity contribution in [3.8, 4) is 0 Å². The summed E-state index contributed by atoms with van der Waals surface area (Å²) in [7, 11) is 1.91. The van der Waals surface area contributed by atoms with Crippen LogP contribution < -0.4 is 10.2 Å². The molecule has 0 saturated carbocycles. The van der Waals surface area contributed by atoms with Crippen LogP contribution >= 0.6 is 0 Å². The molecule has 2 atom stereocenters. The standard InChI is InChI=1S/C15H25N5/c1-11-9-19-7-5-4-6-13(19)10-20(11)15-8-14(16-3)17-12(2)18-15/h8,11,13H,4-7,9-10H2,1-3H3,(H,16,17,18). The number of anilines is 2. The van der Waals surface area contributed by atoms with Gasteiger partial charge in [0.2, 0.25) is 0 Å². The van der Waals surface area contributed by atoms with Gasteiger partial charge in [-0.15, -0.1) is 0 Å². The van der Waals surface area contributed by atoms with Crippen LogP contribution in [0.4, 0.5) is 11.6 Å². The van der Waals surface area contributed by atoms with E-state index in [2.05, 4.69) is 38.1 Å². The van der Waals surface area contributed by atoms with E-state index in [0.29, 0.717) is 12.1 Å². The summed E-state index contributed by atoms with van der Waals surface area (Å²) in [6.45, 7) is 7.80. The average molecular weight is 275 g/mol. The predicted molar refractivity (Wildman–Crippen MR) is 82.3 cm³/mol. The molecule has 5 nitrogen and oxygen atoms in total. The molecular formula is C15H25N5. The van der Waals surface area contributed by atoms with E-state index in [9.17, 15) is 0 Å². The second kappa shape index (κ2) is 5.56. The van der Waals surface area contributed by atoms with Crippen LogP contribution in [0.5, 0.6) is 0 Å². The maximum atomic E-state index is 4.65. The smallest absolute Gasteiger partial charge is 0.134 e. The Balaban J connectivity index is 1.83. The molecule has 2 fully saturated rings. The molecule has 0 amide bonds. The zero-order valence-electron chi connectivity index (χ0n) is 12.8. The minimum Gasteiger partial charge on any atom is -0.373 e. The van der Waals surface area contributed by atoms with Crippen molar-refractivity contribution >= 4 is 11.6 Å². The number of rotatable bonds is 2. The number of aromatic nitrogens is 2. The monoisotopic (exact) mass is 275 g/mol. The van der Waals surface area contributed by atoms with Crippen LogP contribution in [0.15, 0.2) is 6.07 Å². The maximum Gasteiger partial charge on any atom is 0.134 e. The van der Waals surface area contributed by atoms with Gasteiger partial charge in [-0.1, -0.05) is 6.42 Å². The Morgan fingerprint density at radius 1 is 1.25 bits per heavy atom. The van der Waals surface area contributed by atoms with Crippen LogP contribution in [0, 0.1) is 6.92 Å². The summed E-state index contributed by atoms with van der Waals surface area (Å²) in [5.41, 5.74) is 0. The first kappa shape index (κ1) is 13.6. The Kier molecular flexibility index (Phi) is 3.78. The zero-order chi connectivity index (χ0) is 14.1. The van der Waals surface area contributed by atoms with Gasteiger partial charge in [-0.2, -0.15) is 0 Å². The molecule has 2 unspecified atom stereocenters. The summed E-state index contributed by atoms with van der Waals surface area (Å²) in [5, 5.41) is 3.13. The summed E-state index contributed by atoms with van der Waals surface area (Å²) in [6.07, 6.45) is 4.06. The molecule has 3 rings (SSSR count). The first-order valence-corrected chi connectivity index (χ1v) is 7.71. The molecule has 1 N–H and O–H groups in total. The number of piperidine rings is 1. The van der Waals surface area contributed by atoms with Gasteiger partial charge in [-0.25, -0.2) is 9.97 Å². The van der Waals surface area contributed by atoms with Crippen LogP contribution in [0.1, 0.15) is 32.0 Å². The average Bonchev–Trinajstić information content (AvgIpc) is 2.45. The van der Waals surface area contributed by atoms with Crippen LogP contribution in [-0.4, -0.2) is 53.6 Å². The summed E-state index contributed by atoms with van der Waals surface area (Å²) in [6, 6.07) is 3.29. The van der Waals surface area contributed by atoms with Crippen molar-refractivity contribution in [2.45, 2.75) is 45.2 Å². The lowest BCUT2D eigenvalue weighted by Gasteiger charge is -2.48. The number of aryl methyl sites for hydroxylation is 1. The highest BCUT2D eigenvalue weighted by molar-refractivity contribution is 5.50. The molecule has 0 spiro atoms. The van der Waals surface area contributed by atoms with E-state index >= 15 is 0 Å². The van der Waals surface area contributed by atoms with Crippen molar-refractivity contribution in [3.05, 3.63) is 11.9 Å². The van der Waals surface area contributed by atoms with Crippen LogP contribution in [0.2, 0.25) is 0 Å². The summed E-state index contributed by atoms with van der Waals surface area (Å²) in [5.74, 6) is 2.82. The number of piperazine rings is 1. The number of nitrogens with zero attached hydrogens (tertiary/aromatic N) is 4. The molecule has 3 heterocycles. The lowest BCUT2D eigenvalue weighted by molar-refractivity contribution is 0.115. The van der Waals surface area contributed by atoms with Crippen LogP contribution in [0.25, 0.3) is 0 Å². The van der Waals surface area contributed by atoms with E-state index in [1.807, 2.05) is 14.0 Å². The number of fused-ring (bicyclic) bond motifs is 1. The molecule has 110 valence electrons. The molecule has 0 aliphatic carbocycles. The topological polar surface area (TPSA) is 44.3 Å². The lowest BCUT2D eigenvalue weighted by Crippen LogP contribution is -2.59. The first-order chi connectivity index (χ1) is 9.67. The fourth-order valence-corrected chi connectivity index (χ4v) is 3.50. The highest BCUT2D eigenvalue weighted by Crippen LogP contribution is 2.28. The maximum absolute atomic E-state index is 4.65. The highest BCUT2D eigenvalue weighted by Gasteiger charge is 2.33. The van der Waals surface area contributed by atoms with Gasteiger partial charge in [0.1, 0.15) is 17.5 Å². The number of hydrogen-bond donors (Lipinski definition) is 1. The van der Waals surface area contributed by atoms with Gasteiger partial charge in [0.25, 0.3) is 0 Å². The molecule has 0 aromatic carbocycles. The van der Waals surface area contributed by atoms with Gasteiger partial charge in [0.15, 0.2) is 0 Å². The van der Waals surface area contributed by atoms with Gasteiger partial charge in [0, 0.05) is 38.3 Å². The van der Waals surface area contributed by atoms with E-state index in [4.69, 9.17) is 0 Å². The largest absolute Gasteiger partial charge is 0.373 e. The Morgan fingerprint density at radius 3 is 2.90 bits per heavy atom. The first-order valence-electron chi connectivity index (χ1n) is 7.71. The van der Waals surface area contributed by atoms with Crippen molar-refractivity contribution < 1.29 is 0 Å². The van der Waals surface area contributed by atoms with Crippen LogP contribution in [-0.2, 0) is 0 Å². The third kappa shape index (κ3) is 2.59. The molecule has 20 heavy (non-hydrogen) atoms. The summed E-state index contributed by atoms with van der Waals surface area (Å²) >= 11 is 0. The number of hydrogen-bond acceptors (Lipinski definition) is 5. The Bertz CT molecular complexity index is 475. The lowest BCUT2D eigenvalue weighted by atomic mass is 9.97. The number of nitrogens with one attached hydrogen (secondary N) is 1. The Hall–Kier alpha value is -1.36. The minimum atomic E-state index is 0.517. The minimum absolute atomic E-state index is 0.517. The fourth-order valence-electron chi connectivity index (χ4n) is 3.50. The van der Waals surface area contributed by atoms with E-state index < -0.39 is 0 Å². The van der Waals surface area contributed by atoms with Gasteiger partial charge >= 0.3 is 0 Å². The molecule has 2 aliphatic heterocycles. The van der Waals surface area contributed by atoms with Gasteiger partial charge in [-0.3, -0.25) is 4.90 Å². The SMILES string of the molecule is CNc1cc(N2CC3CCCCN3CC2C)nc(C)n1. The van der Waals surface area contributed by atoms with Crippen molar-refractivity contribution in [2.24, 2.45) is 0 Å². The molecule has 0 bridgehead atoms. The zero-order valence-corrected chi connectivity index (χ0v) is 12.8. The van der Waals surface area contributed by atoms with Crippen molar-refractivity contribution in [1.82, 2.24) is 14.9 Å². The summed E-state index contributed by atoms with van der Waals surface area (Å²) in [4.78, 5) is 14.2. The third-order valence-corrected chi connectivity index (χ3v) is 4.56. The van der Waals surface area contributed by atoms with Crippen molar-refractivity contribution in [1.29, 1.82) is 0 Å². The van der Waals surface area contributed by atoms with Gasteiger partial charge in [0.05, 0.1) is 0 Å². The van der Waals surface area contributed by atoms with E-state index in [0.717, 1.165) is 30.5 Å². The quantitative estimate of drug-likeness (QED) is 0.893. The van der Waals surface area contributed by atoms with Crippen molar-refractivity contribution in [2.75, 3.05) is 36.9 Å². The normalized spacial score (nSPS) is 27.2. The molecule has 2 aliphatic rings. The van der Waals surface area contributed by atoms with E-state index in [-0.39, 0.29) is 0 Å². The molecule has 1 aromatic rings. The highest BCUT2D eigenvalue weighted by atomic mass is 15.3. The molecule has 0 radical (unpaired) electrons. The molecule has 5 heteroatoms. The fraction of sp³-hybridized carbons (Fsp3) is 0.733.